The summed E-state index contributed by atoms with van der Waals surface area (Å²) in [7, 11) is -2.19. The highest BCUT2D eigenvalue weighted by Crippen LogP contribution is 2.28. The molecule has 0 amide bonds. The van der Waals surface area contributed by atoms with Gasteiger partial charge in [-0.1, -0.05) is 30.1 Å². The van der Waals surface area contributed by atoms with Crippen LogP contribution in [-0.2, 0) is 21.3 Å². The molecule has 0 saturated heterocycles. The lowest BCUT2D eigenvalue weighted by molar-refractivity contribution is 0.122. The molecular weight excluding hydrogens is 335 g/mol. The number of sulfonamides is 1. The van der Waals surface area contributed by atoms with Crippen molar-refractivity contribution in [1.82, 2.24) is 10.0 Å². The second-order valence-corrected chi connectivity index (χ2v) is 7.10. The van der Waals surface area contributed by atoms with E-state index in [1.807, 2.05) is 6.92 Å². The summed E-state index contributed by atoms with van der Waals surface area (Å²) in [4.78, 5) is 0.0183. The lowest BCUT2D eigenvalue weighted by Crippen LogP contribution is -2.32. The average Bonchev–Trinajstić information content (AvgIpc) is 2.43. The Hall–Kier alpha value is -0.370. The third kappa shape index (κ3) is 5.39. The smallest absolute Gasteiger partial charge is 0.242 e. The first kappa shape index (κ1) is 18.7. The van der Waals surface area contributed by atoms with Gasteiger partial charge in [0.25, 0.3) is 0 Å². The summed E-state index contributed by atoms with van der Waals surface area (Å²) in [6.45, 7) is 5.12. The van der Waals surface area contributed by atoms with E-state index in [2.05, 4.69) is 10.0 Å². The van der Waals surface area contributed by atoms with Gasteiger partial charge >= 0.3 is 0 Å². The van der Waals surface area contributed by atoms with E-state index in [0.717, 1.165) is 6.54 Å². The van der Waals surface area contributed by atoms with Crippen molar-refractivity contribution >= 4 is 33.2 Å². The minimum atomic E-state index is -3.71. The van der Waals surface area contributed by atoms with Gasteiger partial charge in [-0.2, -0.15) is 0 Å². The van der Waals surface area contributed by atoms with Crippen molar-refractivity contribution in [2.24, 2.45) is 0 Å². The molecule has 1 aromatic carbocycles. The van der Waals surface area contributed by atoms with Crippen molar-refractivity contribution in [2.45, 2.75) is 31.4 Å². The number of ether oxygens (including phenoxy) is 1. The molecular formula is C13H20Cl2N2O3S. The van der Waals surface area contributed by atoms with Crippen molar-refractivity contribution in [1.29, 1.82) is 0 Å². The normalized spacial score (nSPS) is 13.4. The van der Waals surface area contributed by atoms with Crippen LogP contribution in [0.15, 0.2) is 17.0 Å². The van der Waals surface area contributed by atoms with Gasteiger partial charge < -0.3 is 10.1 Å². The second-order valence-electron chi connectivity index (χ2n) is 4.55. The van der Waals surface area contributed by atoms with Crippen LogP contribution < -0.4 is 10.0 Å². The van der Waals surface area contributed by atoms with Crippen LogP contribution in [0, 0.1) is 0 Å². The number of nitrogens with one attached hydrogen (secondary N) is 2. The highest BCUT2D eigenvalue weighted by Gasteiger charge is 2.20. The Kier molecular flexibility index (Phi) is 7.39. The zero-order valence-corrected chi connectivity index (χ0v) is 14.6. The van der Waals surface area contributed by atoms with Crippen LogP contribution in [0.4, 0.5) is 0 Å². The molecule has 8 heteroatoms. The van der Waals surface area contributed by atoms with E-state index < -0.39 is 10.0 Å². The summed E-state index contributed by atoms with van der Waals surface area (Å²) in [6, 6.07) is 2.94. The van der Waals surface area contributed by atoms with Crippen LogP contribution in [0.3, 0.4) is 0 Å². The molecule has 0 fully saturated rings. The van der Waals surface area contributed by atoms with Gasteiger partial charge in [0.15, 0.2) is 0 Å². The Morgan fingerprint density at radius 1 is 1.29 bits per heavy atom. The topological polar surface area (TPSA) is 67.4 Å². The highest BCUT2D eigenvalue weighted by molar-refractivity contribution is 7.89. The molecule has 0 aliphatic carbocycles. The molecule has 5 nitrogen and oxygen atoms in total. The van der Waals surface area contributed by atoms with Gasteiger partial charge in [-0.25, -0.2) is 13.1 Å². The maximum Gasteiger partial charge on any atom is 0.242 e. The maximum absolute atomic E-state index is 12.3. The molecule has 0 heterocycles. The molecule has 0 bridgehead atoms. The largest absolute Gasteiger partial charge is 0.380 e. The van der Waals surface area contributed by atoms with Gasteiger partial charge in [0.05, 0.1) is 11.1 Å². The minimum absolute atomic E-state index is 0.0183. The maximum atomic E-state index is 12.3. The van der Waals surface area contributed by atoms with Crippen molar-refractivity contribution in [3.05, 3.63) is 27.7 Å². The van der Waals surface area contributed by atoms with Gasteiger partial charge in [0.1, 0.15) is 4.90 Å². The summed E-state index contributed by atoms with van der Waals surface area (Å²) in [6.07, 6.45) is -0.230. The summed E-state index contributed by atoms with van der Waals surface area (Å²) < 4.78 is 32.1. The summed E-state index contributed by atoms with van der Waals surface area (Å²) in [5.74, 6) is 0. The number of hydrogen-bond acceptors (Lipinski definition) is 4. The Morgan fingerprint density at radius 2 is 1.95 bits per heavy atom. The van der Waals surface area contributed by atoms with E-state index in [0.29, 0.717) is 17.1 Å². The number of hydrogen-bond donors (Lipinski definition) is 2. The molecule has 1 unspecified atom stereocenters. The molecule has 0 saturated carbocycles. The van der Waals surface area contributed by atoms with Gasteiger partial charge in [-0.15, -0.1) is 0 Å². The fourth-order valence-corrected chi connectivity index (χ4v) is 3.54. The van der Waals surface area contributed by atoms with Crippen LogP contribution in [0.1, 0.15) is 19.4 Å². The third-order valence-electron chi connectivity index (χ3n) is 2.92. The van der Waals surface area contributed by atoms with Gasteiger partial charge in [-0.05, 0) is 31.2 Å². The zero-order valence-electron chi connectivity index (χ0n) is 12.2. The van der Waals surface area contributed by atoms with E-state index in [1.165, 1.54) is 19.2 Å². The predicted octanol–water partition coefficient (Wildman–Crippen LogP) is 2.42. The highest BCUT2D eigenvalue weighted by atomic mass is 35.5. The summed E-state index contributed by atoms with van der Waals surface area (Å²) in [5, 5.41) is 3.63. The molecule has 0 aliphatic heterocycles. The second kappa shape index (κ2) is 8.31. The molecule has 0 aromatic heterocycles. The van der Waals surface area contributed by atoms with E-state index in [1.54, 1.807) is 6.92 Å². The van der Waals surface area contributed by atoms with E-state index >= 15 is 0 Å². The molecule has 0 spiro atoms. The van der Waals surface area contributed by atoms with Crippen LogP contribution in [0.5, 0.6) is 0 Å². The monoisotopic (exact) mass is 354 g/mol. The molecule has 0 radical (unpaired) electrons. The summed E-state index contributed by atoms with van der Waals surface area (Å²) in [5.41, 5.74) is 0.683. The Labute approximate surface area is 136 Å². The number of rotatable bonds is 8. The first-order valence-corrected chi connectivity index (χ1v) is 8.76. The predicted molar refractivity (Wildman–Crippen MR) is 85.5 cm³/mol. The molecule has 120 valence electrons. The standard InChI is InChI=1S/C13H20Cl2N2O3S/c1-4-16-8-10-5-13(12(15)6-11(10)14)21(18,19)17-7-9(2)20-3/h5-6,9,16-17H,4,7-8H2,1-3H3. The third-order valence-corrected chi connectivity index (χ3v) is 5.16. The fraction of sp³-hybridized carbons (Fsp3) is 0.538. The van der Waals surface area contributed by atoms with Crippen molar-refractivity contribution in [2.75, 3.05) is 20.2 Å². The lowest BCUT2D eigenvalue weighted by atomic mass is 10.2. The van der Waals surface area contributed by atoms with Crippen molar-refractivity contribution < 1.29 is 13.2 Å². The number of benzene rings is 1. The Bertz CT molecular complexity index is 579. The Balaban J connectivity index is 3.04. The van der Waals surface area contributed by atoms with E-state index in [4.69, 9.17) is 27.9 Å². The molecule has 1 rings (SSSR count). The lowest BCUT2D eigenvalue weighted by Gasteiger charge is -2.14. The number of halogens is 2. The van der Waals surface area contributed by atoms with E-state index in [-0.39, 0.29) is 22.6 Å². The average molecular weight is 355 g/mol. The summed E-state index contributed by atoms with van der Waals surface area (Å²) >= 11 is 12.1. The molecule has 1 atom stereocenters. The van der Waals surface area contributed by atoms with Crippen LogP contribution >= 0.6 is 23.2 Å². The van der Waals surface area contributed by atoms with Crippen molar-refractivity contribution in [3.8, 4) is 0 Å². The SMILES string of the molecule is CCNCc1cc(S(=O)(=O)NCC(C)OC)c(Cl)cc1Cl. The van der Waals surface area contributed by atoms with E-state index in [9.17, 15) is 8.42 Å². The van der Waals surface area contributed by atoms with Gasteiger partial charge in [0, 0.05) is 25.2 Å². The van der Waals surface area contributed by atoms with Crippen LogP contribution in [-0.4, -0.2) is 34.7 Å². The van der Waals surface area contributed by atoms with Crippen LogP contribution in [0.2, 0.25) is 10.0 Å². The fourth-order valence-electron chi connectivity index (χ4n) is 1.56. The van der Waals surface area contributed by atoms with Gasteiger partial charge in [-0.3, -0.25) is 0 Å². The molecule has 1 aromatic rings. The van der Waals surface area contributed by atoms with Crippen molar-refractivity contribution in [3.63, 3.8) is 0 Å². The molecule has 21 heavy (non-hydrogen) atoms. The molecule has 2 N–H and O–H groups in total. The van der Waals surface area contributed by atoms with Gasteiger partial charge in [0.2, 0.25) is 10.0 Å². The van der Waals surface area contributed by atoms with Crippen LogP contribution in [0.25, 0.3) is 0 Å². The minimum Gasteiger partial charge on any atom is -0.380 e. The quantitative estimate of drug-likeness (QED) is 0.752. The first-order chi connectivity index (χ1) is 9.81. The molecule has 0 aliphatic rings. The Morgan fingerprint density at radius 3 is 2.52 bits per heavy atom. The first-order valence-electron chi connectivity index (χ1n) is 6.53. The zero-order chi connectivity index (χ0) is 16.0. The number of methoxy groups -OCH3 is 1.